The molecule has 0 bridgehead atoms. The molecular weight excluding hydrogens is 400 g/mol. The quantitative estimate of drug-likeness (QED) is 0.314. The summed E-state index contributed by atoms with van der Waals surface area (Å²) in [5, 5.41) is 17.4. The molecule has 1 aromatic heterocycles. The van der Waals surface area contributed by atoms with Crippen LogP contribution < -0.4 is 10.0 Å². The molecule has 0 saturated carbocycles. The first-order valence-corrected chi connectivity index (χ1v) is 9.82. The van der Waals surface area contributed by atoms with Gasteiger partial charge in [-0.1, -0.05) is 6.07 Å². The Hall–Kier alpha value is -3.64. The van der Waals surface area contributed by atoms with Crippen molar-refractivity contribution >= 4 is 21.6 Å². The van der Waals surface area contributed by atoms with Crippen LogP contribution in [0.2, 0.25) is 0 Å². The van der Waals surface area contributed by atoms with Crippen molar-refractivity contribution in [3.63, 3.8) is 0 Å². The highest BCUT2D eigenvalue weighted by atomic mass is 32.2. The number of carbonyl (C=O) groups excluding carboxylic acids is 1. The number of hydrogen-bond donors (Lipinski definition) is 2. The summed E-state index contributed by atoms with van der Waals surface area (Å²) in [5.41, 5.74) is 0.815. The fourth-order valence-corrected chi connectivity index (χ4v) is 3.49. The third-order valence-electron chi connectivity index (χ3n) is 3.85. The van der Waals surface area contributed by atoms with Crippen molar-refractivity contribution in [1.29, 1.82) is 0 Å². The summed E-state index contributed by atoms with van der Waals surface area (Å²) in [6.45, 7) is -0.0361. The van der Waals surface area contributed by atoms with Gasteiger partial charge in [0.25, 0.3) is 11.6 Å². The van der Waals surface area contributed by atoms with E-state index in [1.807, 2.05) is 0 Å². The van der Waals surface area contributed by atoms with E-state index < -0.39 is 14.9 Å². The number of nitrogens with zero attached hydrogens (tertiary/aromatic N) is 4. The van der Waals surface area contributed by atoms with Gasteiger partial charge in [0.1, 0.15) is 12.7 Å². The maximum absolute atomic E-state index is 12.2. The summed E-state index contributed by atoms with van der Waals surface area (Å²) in [5.74, 6) is -0.371. The number of amides is 1. The minimum atomic E-state index is -3.93. The highest BCUT2D eigenvalue weighted by Gasteiger charge is 2.17. The number of benzene rings is 2. The molecule has 0 aliphatic heterocycles. The maximum Gasteiger partial charge on any atom is 0.270 e. The van der Waals surface area contributed by atoms with Crippen LogP contribution in [0.1, 0.15) is 10.4 Å². The molecule has 0 saturated heterocycles. The Morgan fingerprint density at radius 2 is 1.90 bits per heavy atom. The first-order chi connectivity index (χ1) is 13.9. The smallest absolute Gasteiger partial charge is 0.270 e. The predicted molar refractivity (Wildman–Crippen MR) is 102 cm³/mol. The summed E-state index contributed by atoms with van der Waals surface area (Å²) in [6.07, 6.45) is 2.93. The zero-order valence-corrected chi connectivity index (χ0v) is 15.7. The number of carbonyl (C=O) groups is 1. The molecule has 3 rings (SSSR count). The number of hydrogen-bond acceptors (Lipinski definition) is 7. The van der Waals surface area contributed by atoms with Crippen molar-refractivity contribution in [2.24, 2.45) is 0 Å². The van der Waals surface area contributed by atoms with E-state index in [0.717, 1.165) is 11.8 Å². The highest BCUT2D eigenvalue weighted by Crippen LogP contribution is 2.16. The van der Waals surface area contributed by atoms with E-state index in [9.17, 15) is 23.3 Å². The normalized spacial score (nSPS) is 11.2. The van der Waals surface area contributed by atoms with Crippen molar-refractivity contribution in [3.8, 4) is 5.69 Å². The van der Waals surface area contributed by atoms with Crippen molar-refractivity contribution in [2.75, 3.05) is 13.1 Å². The Bertz CT molecular complexity index is 1110. The van der Waals surface area contributed by atoms with E-state index in [1.165, 1.54) is 30.9 Å². The second kappa shape index (κ2) is 8.58. The van der Waals surface area contributed by atoms with Gasteiger partial charge in [0.15, 0.2) is 0 Å². The lowest BCUT2D eigenvalue weighted by Gasteiger charge is -2.08. The molecule has 12 heteroatoms. The van der Waals surface area contributed by atoms with Gasteiger partial charge >= 0.3 is 0 Å². The van der Waals surface area contributed by atoms with Crippen LogP contribution in [0.25, 0.3) is 5.69 Å². The van der Waals surface area contributed by atoms with Crippen LogP contribution in [0, 0.1) is 10.1 Å². The van der Waals surface area contributed by atoms with Crippen molar-refractivity contribution < 1.29 is 18.1 Å². The van der Waals surface area contributed by atoms with E-state index in [-0.39, 0.29) is 29.6 Å². The van der Waals surface area contributed by atoms with Crippen LogP contribution in [0.15, 0.2) is 66.1 Å². The van der Waals surface area contributed by atoms with Crippen LogP contribution >= 0.6 is 0 Å². The molecule has 29 heavy (non-hydrogen) atoms. The summed E-state index contributed by atoms with van der Waals surface area (Å²) >= 11 is 0. The molecule has 0 spiro atoms. The van der Waals surface area contributed by atoms with Crippen molar-refractivity contribution in [2.45, 2.75) is 4.90 Å². The summed E-state index contributed by atoms with van der Waals surface area (Å²) in [4.78, 5) is 25.9. The average Bonchev–Trinajstić information content (AvgIpc) is 3.26. The molecule has 0 radical (unpaired) electrons. The lowest BCUT2D eigenvalue weighted by Crippen LogP contribution is -2.34. The number of rotatable bonds is 8. The minimum absolute atomic E-state index is 0.0395. The molecule has 0 aliphatic rings. The van der Waals surface area contributed by atoms with Gasteiger partial charge in [-0.05, 0) is 30.3 Å². The molecule has 11 nitrogen and oxygen atoms in total. The van der Waals surface area contributed by atoms with Crippen molar-refractivity contribution in [1.82, 2.24) is 24.8 Å². The number of aromatic nitrogens is 3. The molecule has 0 atom stereocenters. The fraction of sp³-hybridized carbons (Fsp3) is 0.118. The topological polar surface area (TPSA) is 149 Å². The average molecular weight is 416 g/mol. The second-order valence-corrected chi connectivity index (χ2v) is 7.56. The molecule has 0 fully saturated rings. The lowest BCUT2D eigenvalue weighted by atomic mass is 10.2. The molecule has 2 aromatic carbocycles. The third kappa shape index (κ3) is 5.00. The van der Waals surface area contributed by atoms with Crippen LogP contribution in [0.5, 0.6) is 0 Å². The van der Waals surface area contributed by atoms with Gasteiger partial charge in [-0.2, -0.15) is 5.10 Å². The lowest BCUT2D eigenvalue weighted by molar-refractivity contribution is -0.385. The van der Waals surface area contributed by atoms with E-state index in [4.69, 9.17) is 0 Å². The zero-order valence-electron chi connectivity index (χ0n) is 14.9. The van der Waals surface area contributed by atoms with Crippen molar-refractivity contribution in [3.05, 3.63) is 76.9 Å². The van der Waals surface area contributed by atoms with Crippen LogP contribution in [0.4, 0.5) is 5.69 Å². The van der Waals surface area contributed by atoms with E-state index in [1.54, 1.807) is 28.9 Å². The monoisotopic (exact) mass is 416 g/mol. The first-order valence-electron chi connectivity index (χ1n) is 8.34. The summed E-state index contributed by atoms with van der Waals surface area (Å²) < 4.78 is 28.3. The molecule has 3 aromatic rings. The van der Waals surface area contributed by atoms with E-state index in [0.29, 0.717) is 5.56 Å². The maximum atomic E-state index is 12.2. The molecule has 2 N–H and O–H groups in total. The van der Waals surface area contributed by atoms with Gasteiger partial charge in [0.05, 0.1) is 15.5 Å². The number of nitrogens with one attached hydrogen (secondary N) is 2. The third-order valence-corrected chi connectivity index (χ3v) is 5.31. The van der Waals surface area contributed by atoms with E-state index in [2.05, 4.69) is 20.1 Å². The van der Waals surface area contributed by atoms with Crippen LogP contribution in [-0.2, 0) is 10.0 Å². The summed E-state index contributed by atoms with van der Waals surface area (Å²) in [7, 11) is -3.93. The van der Waals surface area contributed by atoms with E-state index >= 15 is 0 Å². The highest BCUT2D eigenvalue weighted by molar-refractivity contribution is 7.89. The second-order valence-electron chi connectivity index (χ2n) is 5.80. The number of sulfonamides is 1. The fourth-order valence-electron chi connectivity index (χ4n) is 2.42. The van der Waals surface area contributed by atoms with Gasteiger partial charge in [-0.25, -0.2) is 22.8 Å². The molecule has 1 amide bonds. The van der Waals surface area contributed by atoms with Gasteiger partial charge in [0.2, 0.25) is 10.0 Å². The molecule has 0 aliphatic carbocycles. The minimum Gasteiger partial charge on any atom is -0.351 e. The molecule has 1 heterocycles. The Morgan fingerprint density at radius 1 is 1.14 bits per heavy atom. The number of nitro groups is 1. The molecule has 0 unspecified atom stereocenters. The number of non-ortho nitro benzene ring substituents is 1. The first kappa shape index (κ1) is 20.1. The van der Waals surface area contributed by atoms with Crippen LogP contribution in [0.3, 0.4) is 0 Å². The SMILES string of the molecule is O=C(NCCNS(=O)(=O)c1cccc([N+](=O)[O-])c1)c1ccc(-n2cncn2)cc1. The Labute approximate surface area is 165 Å². The predicted octanol–water partition coefficient (Wildman–Crippen LogP) is 0.884. The Balaban J connectivity index is 1.52. The number of nitro benzene ring substituents is 1. The van der Waals surface area contributed by atoms with Gasteiger partial charge in [-0.3, -0.25) is 14.9 Å². The molecule has 150 valence electrons. The summed E-state index contributed by atoms with van der Waals surface area (Å²) in [6, 6.07) is 11.3. The van der Waals surface area contributed by atoms with Gasteiger partial charge in [-0.15, -0.1) is 0 Å². The van der Waals surface area contributed by atoms with Gasteiger partial charge in [0, 0.05) is 30.8 Å². The Morgan fingerprint density at radius 3 is 2.55 bits per heavy atom. The van der Waals surface area contributed by atoms with Gasteiger partial charge < -0.3 is 5.32 Å². The molecular formula is C17H16N6O5S. The zero-order chi connectivity index (χ0) is 20.9. The standard InChI is InChI=1S/C17H16N6O5S/c24-17(13-4-6-14(7-5-13)22-12-18-11-20-22)19-8-9-21-29(27,28)16-3-1-2-15(10-16)23(25)26/h1-7,10-12,21H,8-9H2,(H,19,24). The Kier molecular flexibility index (Phi) is 5.95. The largest absolute Gasteiger partial charge is 0.351 e. The van der Waals surface area contributed by atoms with Crippen LogP contribution in [-0.4, -0.2) is 47.1 Å².